The Morgan fingerprint density at radius 2 is 1.97 bits per heavy atom. The zero-order chi connectivity index (χ0) is 21.2. The van der Waals surface area contributed by atoms with Crippen LogP contribution in [0.15, 0.2) is 53.6 Å². The summed E-state index contributed by atoms with van der Waals surface area (Å²) >= 11 is 12.0. The fraction of sp³-hybridized carbons (Fsp3) is 0.100. The van der Waals surface area contributed by atoms with E-state index in [-0.39, 0.29) is 12.2 Å². The third-order valence-electron chi connectivity index (χ3n) is 3.94. The molecule has 0 fully saturated rings. The molecule has 1 aliphatic rings. The van der Waals surface area contributed by atoms with Crippen LogP contribution in [-0.2, 0) is 11.0 Å². The van der Waals surface area contributed by atoms with Gasteiger partial charge in [0.05, 0.1) is 16.3 Å². The number of carbonyl (C=O) groups excluding carboxylic acids is 1. The van der Waals surface area contributed by atoms with Crippen LogP contribution in [-0.4, -0.2) is 12.5 Å². The molecule has 0 aliphatic carbocycles. The van der Waals surface area contributed by atoms with Crippen molar-refractivity contribution in [3.05, 3.63) is 74.8 Å². The minimum absolute atomic E-state index is 0.0198. The van der Waals surface area contributed by atoms with Gasteiger partial charge in [-0.3, -0.25) is 4.79 Å². The molecule has 0 saturated heterocycles. The minimum atomic E-state index is -4.65. The van der Waals surface area contributed by atoms with E-state index in [0.29, 0.717) is 26.9 Å². The largest absolute Gasteiger partial charge is 0.487 e. The Labute approximate surface area is 173 Å². The highest BCUT2D eigenvalue weighted by atomic mass is 35.5. The van der Waals surface area contributed by atoms with Crippen molar-refractivity contribution in [2.45, 2.75) is 6.18 Å². The summed E-state index contributed by atoms with van der Waals surface area (Å²) in [4.78, 5) is 12.4. The predicted octanol–water partition coefficient (Wildman–Crippen LogP) is 5.88. The summed E-state index contributed by atoms with van der Waals surface area (Å²) in [7, 11) is 0. The van der Waals surface area contributed by atoms with Crippen molar-refractivity contribution in [1.29, 1.82) is 5.26 Å². The Kier molecular flexibility index (Phi) is 5.87. The SMILES string of the molecule is N#CC(=CC1=Cc2cc(Cl)cc(Cl)c2OC1)C(=O)Nc1ccccc1C(F)(F)F. The molecule has 0 spiro atoms. The second-order valence-corrected chi connectivity index (χ2v) is 6.82. The number of halogens is 5. The first-order valence-corrected chi connectivity index (χ1v) is 8.86. The summed E-state index contributed by atoms with van der Waals surface area (Å²) in [5, 5.41) is 12.1. The number of fused-ring (bicyclic) bond motifs is 1. The van der Waals surface area contributed by atoms with Crippen LogP contribution in [0, 0.1) is 11.3 Å². The van der Waals surface area contributed by atoms with Crippen LogP contribution in [0.3, 0.4) is 0 Å². The van der Waals surface area contributed by atoms with E-state index in [2.05, 4.69) is 5.32 Å². The fourth-order valence-electron chi connectivity index (χ4n) is 2.68. The molecule has 1 heterocycles. The molecule has 0 atom stereocenters. The first-order chi connectivity index (χ1) is 13.7. The second-order valence-electron chi connectivity index (χ2n) is 5.98. The molecule has 1 amide bonds. The summed E-state index contributed by atoms with van der Waals surface area (Å²) in [5.41, 5.74) is -0.826. The highest BCUT2D eigenvalue weighted by molar-refractivity contribution is 6.36. The zero-order valence-electron chi connectivity index (χ0n) is 14.5. The van der Waals surface area contributed by atoms with Crippen LogP contribution in [0.25, 0.3) is 6.08 Å². The van der Waals surface area contributed by atoms with E-state index >= 15 is 0 Å². The molecule has 148 valence electrons. The third-order valence-corrected chi connectivity index (χ3v) is 4.44. The number of hydrogen-bond donors (Lipinski definition) is 1. The third kappa shape index (κ3) is 4.73. The van der Waals surface area contributed by atoms with E-state index in [1.807, 2.05) is 0 Å². The van der Waals surface area contributed by atoms with Gasteiger partial charge in [-0.15, -0.1) is 0 Å². The summed E-state index contributed by atoms with van der Waals surface area (Å²) in [6.07, 6.45) is -1.78. The molecule has 0 bridgehead atoms. The van der Waals surface area contributed by atoms with Crippen LogP contribution in [0.1, 0.15) is 11.1 Å². The van der Waals surface area contributed by atoms with Crippen LogP contribution in [0.5, 0.6) is 5.75 Å². The van der Waals surface area contributed by atoms with Gasteiger partial charge in [-0.05, 0) is 42.0 Å². The van der Waals surface area contributed by atoms with E-state index in [1.165, 1.54) is 24.3 Å². The Balaban J connectivity index is 1.89. The predicted molar refractivity (Wildman–Crippen MR) is 104 cm³/mol. The van der Waals surface area contributed by atoms with Crippen molar-refractivity contribution in [2.75, 3.05) is 11.9 Å². The van der Waals surface area contributed by atoms with Crippen LogP contribution < -0.4 is 10.1 Å². The highest BCUT2D eigenvalue weighted by Crippen LogP contribution is 2.37. The van der Waals surface area contributed by atoms with E-state index in [0.717, 1.165) is 12.1 Å². The van der Waals surface area contributed by atoms with Gasteiger partial charge in [0.1, 0.15) is 24.0 Å². The van der Waals surface area contributed by atoms with Crippen LogP contribution in [0.2, 0.25) is 10.0 Å². The average Bonchev–Trinajstić information content (AvgIpc) is 2.65. The second kappa shape index (κ2) is 8.19. The first kappa shape index (κ1) is 20.8. The molecule has 0 aromatic heterocycles. The molecule has 29 heavy (non-hydrogen) atoms. The summed E-state index contributed by atoms with van der Waals surface area (Å²) < 4.78 is 44.8. The maximum Gasteiger partial charge on any atom is 0.418 e. The van der Waals surface area contributed by atoms with Crippen molar-refractivity contribution >= 4 is 40.9 Å². The molecule has 2 aromatic carbocycles. The van der Waals surface area contributed by atoms with Crippen molar-refractivity contribution in [3.8, 4) is 11.8 Å². The Hall–Kier alpha value is -2.95. The van der Waals surface area contributed by atoms with Crippen LogP contribution >= 0.6 is 23.2 Å². The Bertz CT molecular complexity index is 1090. The number of para-hydroxylation sites is 1. The van der Waals surface area contributed by atoms with Gasteiger partial charge in [-0.2, -0.15) is 18.4 Å². The number of nitriles is 1. The molecule has 4 nitrogen and oxygen atoms in total. The number of hydrogen-bond acceptors (Lipinski definition) is 3. The number of benzene rings is 2. The number of nitrogens with one attached hydrogen (secondary N) is 1. The standard InChI is InChI=1S/C20H11Cl2F3N2O2/c21-14-7-12-5-11(10-29-18(12)16(22)8-14)6-13(9-26)19(28)27-17-4-2-1-3-15(17)20(23,24)25/h1-8H,10H2,(H,27,28). The monoisotopic (exact) mass is 438 g/mol. The van der Waals surface area contributed by atoms with Gasteiger partial charge in [0.2, 0.25) is 0 Å². The smallest absolute Gasteiger partial charge is 0.418 e. The average molecular weight is 439 g/mol. The number of alkyl halides is 3. The zero-order valence-corrected chi connectivity index (χ0v) is 16.0. The number of anilines is 1. The van der Waals surface area contributed by atoms with E-state index in [4.69, 9.17) is 27.9 Å². The lowest BCUT2D eigenvalue weighted by molar-refractivity contribution is -0.137. The molecule has 3 rings (SSSR count). The Morgan fingerprint density at radius 1 is 1.24 bits per heavy atom. The van der Waals surface area contributed by atoms with Gasteiger partial charge in [0.25, 0.3) is 5.91 Å². The van der Waals surface area contributed by atoms with Gasteiger partial charge < -0.3 is 10.1 Å². The number of nitrogens with zero attached hydrogens (tertiary/aromatic N) is 1. The van der Waals surface area contributed by atoms with Crippen molar-refractivity contribution < 1.29 is 22.7 Å². The fourth-order valence-corrected chi connectivity index (χ4v) is 3.25. The lowest BCUT2D eigenvalue weighted by atomic mass is 10.0. The number of carbonyl (C=O) groups is 1. The molecule has 2 aromatic rings. The van der Waals surface area contributed by atoms with Crippen molar-refractivity contribution in [1.82, 2.24) is 0 Å². The first-order valence-electron chi connectivity index (χ1n) is 8.11. The van der Waals surface area contributed by atoms with Crippen LogP contribution in [0.4, 0.5) is 18.9 Å². The van der Waals surface area contributed by atoms with Gasteiger partial charge in [-0.25, -0.2) is 0 Å². The normalized spacial score (nSPS) is 13.7. The Morgan fingerprint density at radius 3 is 2.66 bits per heavy atom. The molecule has 0 unspecified atom stereocenters. The molecule has 0 radical (unpaired) electrons. The topological polar surface area (TPSA) is 62.1 Å². The molecule has 9 heteroatoms. The van der Waals surface area contributed by atoms with Crippen molar-refractivity contribution in [2.24, 2.45) is 0 Å². The summed E-state index contributed by atoms with van der Waals surface area (Å²) in [6.45, 7) is 0.0198. The maximum atomic E-state index is 13.1. The lowest BCUT2D eigenvalue weighted by Crippen LogP contribution is -2.18. The van der Waals surface area contributed by atoms with E-state index in [9.17, 15) is 23.2 Å². The molecular weight excluding hydrogens is 428 g/mol. The number of rotatable bonds is 3. The molecule has 1 aliphatic heterocycles. The summed E-state index contributed by atoms with van der Waals surface area (Å²) in [6, 6.07) is 9.32. The van der Waals surface area contributed by atoms with Gasteiger partial charge in [-0.1, -0.05) is 35.3 Å². The maximum absolute atomic E-state index is 13.1. The number of ether oxygens (including phenoxy) is 1. The number of amides is 1. The van der Waals surface area contributed by atoms with Gasteiger partial charge >= 0.3 is 6.18 Å². The minimum Gasteiger partial charge on any atom is -0.487 e. The van der Waals surface area contributed by atoms with Gasteiger partial charge in [0, 0.05) is 10.6 Å². The molecular formula is C20H11Cl2F3N2O2. The van der Waals surface area contributed by atoms with Crippen molar-refractivity contribution in [3.63, 3.8) is 0 Å². The van der Waals surface area contributed by atoms with Gasteiger partial charge in [0.15, 0.2) is 0 Å². The quantitative estimate of drug-likeness (QED) is 0.480. The lowest BCUT2D eigenvalue weighted by Gasteiger charge is -2.18. The summed E-state index contributed by atoms with van der Waals surface area (Å²) in [5.74, 6) is -0.560. The van der Waals surface area contributed by atoms with E-state index in [1.54, 1.807) is 18.2 Å². The highest BCUT2D eigenvalue weighted by Gasteiger charge is 2.33. The molecule has 0 saturated carbocycles. The van der Waals surface area contributed by atoms with E-state index < -0.39 is 23.3 Å². The molecule has 1 N–H and O–H groups in total.